The molecule has 0 aliphatic carbocycles. The predicted molar refractivity (Wildman–Crippen MR) is 89.4 cm³/mol. The van der Waals surface area contributed by atoms with Gasteiger partial charge in [0.05, 0.1) is 33.0 Å². The van der Waals surface area contributed by atoms with Crippen molar-refractivity contribution in [3.05, 3.63) is 22.2 Å². The molecule has 1 N–H and O–H groups in total. The number of halogens is 1. The summed E-state index contributed by atoms with van der Waals surface area (Å²) in [5, 5.41) is 3.51. The molecule has 5 heteroatoms. The zero-order valence-electron chi connectivity index (χ0n) is 13.5. The van der Waals surface area contributed by atoms with Crippen LogP contribution < -0.4 is 14.8 Å². The minimum absolute atomic E-state index is 0.0875. The van der Waals surface area contributed by atoms with Gasteiger partial charge in [0.2, 0.25) is 0 Å². The van der Waals surface area contributed by atoms with Crippen LogP contribution in [0.4, 0.5) is 0 Å². The maximum atomic E-state index is 5.79. The van der Waals surface area contributed by atoms with Crippen LogP contribution in [0.1, 0.15) is 38.8 Å². The quantitative estimate of drug-likeness (QED) is 0.724. The fourth-order valence-electron chi connectivity index (χ4n) is 2.06. The third-order valence-electron chi connectivity index (χ3n) is 3.13. The Morgan fingerprint density at radius 3 is 2.43 bits per heavy atom. The molecule has 0 bridgehead atoms. The van der Waals surface area contributed by atoms with Crippen molar-refractivity contribution in [2.24, 2.45) is 0 Å². The van der Waals surface area contributed by atoms with Gasteiger partial charge >= 0.3 is 0 Å². The van der Waals surface area contributed by atoms with E-state index in [1.807, 2.05) is 26.0 Å². The number of rotatable bonds is 9. The molecule has 0 fully saturated rings. The van der Waals surface area contributed by atoms with E-state index in [4.69, 9.17) is 14.2 Å². The molecule has 0 aliphatic heterocycles. The lowest BCUT2D eigenvalue weighted by molar-refractivity contribution is 0.0606. The fourth-order valence-corrected chi connectivity index (χ4v) is 2.74. The molecule has 1 unspecified atom stereocenters. The van der Waals surface area contributed by atoms with Crippen LogP contribution in [0.15, 0.2) is 16.6 Å². The van der Waals surface area contributed by atoms with E-state index in [1.165, 1.54) is 0 Å². The normalized spacial score (nSPS) is 12.5. The summed E-state index contributed by atoms with van der Waals surface area (Å²) in [6.45, 7) is 7.76. The summed E-state index contributed by atoms with van der Waals surface area (Å²) in [5.74, 6) is 1.55. The predicted octanol–water partition coefficient (Wildman–Crippen LogP) is 3.93. The SMILES string of the molecule is CCCNC(COC(C)C)c1ccc(OC)c(Br)c1OC. The highest BCUT2D eigenvalue weighted by atomic mass is 79.9. The van der Waals surface area contributed by atoms with Crippen LogP contribution in [0, 0.1) is 0 Å². The van der Waals surface area contributed by atoms with Gasteiger partial charge in [0.15, 0.2) is 0 Å². The van der Waals surface area contributed by atoms with E-state index >= 15 is 0 Å². The molecule has 0 saturated carbocycles. The van der Waals surface area contributed by atoms with Gasteiger partial charge in [0.1, 0.15) is 16.0 Å². The van der Waals surface area contributed by atoms with Gasteiger partial charge in [0.25, 0.3) is 0 Å². The Morgan fingerprint density at radius 1 is 1.19 bits per heavy atom. The standard InChI is InChI=1S/C16H26BrNO3/c1-6-9-18-13(10-21-11(2)3)12-7-8-14(19-4)15(17)16(12)20-5/h7-8,11,13,18H,6,9-10H2,1-5H3. The van der Waals surface area contributed by atoms with Crippen molar-refractivity contribution in [1.29, 1.82) is 0 Å². The fraction of sp³-hybridized carbons (Fsp3) is 0.625. The smallest absolute Gasteiger partial charge is 0.141 e. The number of ether oxygens (including phenoxy) is 3. The summed E-state index contributed by atoms with van der Waals surface area (Å²) in [6.07, 6.45) is 1.27. The molecule has 0 heterocycles. The molecule has 1 rings (SSSR count). The summed E-state index contributed by atoms with van der Waals surface area (Å²) in [5.41, 5.74) is 1.07. The van der Waals surface area contributed by atoms with Crippen LogP contribution in [-0.2, 0) is 4.74 Å². The monoisotopic (exact) mass is 359 g/mol. The lowest BCUT2D eigenvalue weighted by atomic mass is 10.1. The summed E-state index contributed by atoms with van der Waals surface area (Å²) in [4.78, 5) is 0. The number of methoxy groups -OCH3 is 2. The Labute approximate surface area is 136 Å². The second-order valence-corrected chi connectivity index (χ2v) is 5.89. The largest absolute Gasteiger partial charge is 0.495 e. The maximum absolute atomic E-state index is 5.79. The second kappa shape index (κ2) is 9.28. The van der Waals surface area contributed by atoms with Crippen molar-refractivity contribution in [2.45, 2.75) is 39.3 Å². The van der Waals surface area contributed by atoms with Gasteiger partial charge in [-0.15, -0.1) is 0 Å². The van der Waals surface area contributed by atoms with Crippen molar-refractivity contribution >= 4 is 15.9 Å². The lowest BCUT2D eigenvalue weighted by Crippen LogP contribution is -2.28. The van der Waals surface area contributed by atoms with Crippen molar-refractivity contribution in [1.82, 2.24) is 5.32 Å². The van der Waals surface area contributed by atoms with Gasteiger partial charge in [-0.1, -0.05) is 6.92 Å². The molecule has 1 atom stereocenters. The first-order chi connectivity index (χ1) is 10.0. The van der Waals surface area contributed by atoms with E-state index in [9.17, 15) is 0 Å². The topological polar surface area (TPSA) is 39.7 Å². The Morgan fingerprint density at radius 2 is 1.90 bits per heavy atom. The molecule has 4 nitrogen and oxygen atoms in total. The highest BCUT2D eigenvalue weighted by Crippen LogP contribution is 2.39. The van der Waals surface area contributed by atoms with Gasteiger partial charge in [-0.2, -0.15) is 0 Å². The molecule has 0 aromatic heterocycles. The zero-order chi connectivity index (χ0) is 15.8. The van der Waals surface area contributed by atoms with Crippen LogP contribution in [0.25, 0.3) is 0 Å². The molecule has 0 aliphatic rings. The number of benzene rings is 1. The second-order valence-electron chi connectivity index (χ2n) is 5.09. The maximum Gasteiger partial charge on any atom is 0.141 e. The highest BCUT2D eigenvalue weighted by Gasteiger charge is 2.20. The molecular formula is C16H26BrNO3. The van der Waals surface area contributed by atoms with Gasteiger partial charge in [0, 0.05) is 5.56 Å². The summed E-state index contributed by atoms with van der Waals surface area (Å²) >= 11 is 3.55. The highest BCUT2D eigenvalue weighted by molar-refractivity contribution is 9.10. The average Bonchev–Trinajstić information content (AvgIpc) is 2.47. The van der Waals surface area contributed by atoms with Crippen LogP contribution >= 0.6 is 15.9 Å². The number of hydrogen-bond acceptors (Lipinski definition) is 4. The van der Waals surface area contributed by atoms with E-state index in [1.54, 1.807) is 14.2 Å². The first-order valence-corrected chi connectivity index (χ1v) is 8.09. The molecule has 0 spiro atoms. The van der Waals surface area contributed by atoms with Gasteiger partial charge in [-0.25, -0.2) is 0 Å². The van der Waals surface area contributed by atoms with E-state index in [2.05, 4.69) is 28.2 Å². The van der Waals surface area contributed by atoms with Gasteiger partial charge in [-0.05, 0) is 54.9 Å². The van der Waals surface area contributed by atoms with E-state index in [0.717, 1.165) is 34.5 Å². The van der Waals surface area contributed by atoms with Crippen molar-refractivity contribution in [3.63, 3.8) is 0 Å². The Kier molecular flexibility index (Phi) is 8.07. The Hall–Kier alpha value is -0.780. The van der Waals surface area contributed by atoms with Crippen molar-refractivity contribution in [3.8, 4) is 11.5 Å². The minimum Gasteiger partial charge on any atom is -0.495 e. The zero-order valence-corrected chi connectivity index (χ0v) is 15.1. The third-order valence-corrected chi connectivity index (χ3v) is 3.88. The first kappa shape index (κ1) is 18.3. The third kappa shape index (κ3) is 5.16. The summed E-state index contributed by atoms with van der Waals surface area (Å²) in [6, 6.07) is 4.06. The van der Waals surface area contributed by atoms with Crippen LogP contribution in [0.2, 0.25) is 0 Å². The van der Waals surface area contributed by atoms with E-state index < -0.39 is 0 Å². The molecule has 0 amide bonds. The van der Waals surface area contributed by atoms with Crippen LogP contribution in [0.3, 0.4) is 0 Å². The van der Waals surface area contributed by atoms with E-state index in [-0.39, 0.29) is 12.1 Å². The molecule has 120 valence electrons. The average molecular weight is 360 g/mol. The van der Waals surface area contributed by atoms with Crippen molar-refractivity contribution < 1.29 is 14.2 Å². The van der Waals surface area contributed by atoms with Gasteiger partial charge < -0.3 is 19.5 Å². The first-order valence-electron chi connectivity index (χ1n) is 7.30. The lowest BCUT2D eigenvalue weighted by Gasteiger charge is -2.23. The summed E-state index contributed by atoms with van der Waals surface area (Å²) in [7, 11) is 3.32. The van der Waals surface area contributed by atoms with Gasteiger partial charge in [-0.3, -0.25) is 0 Å². The molecule has 0 saturated heterocycles. The number of hydrogen-bond donors (Lipinski definition) is 1. The van der Waals surface area contributed by atoms with Crippen LogP contribution in [-0.4, -0.2) is 33.5 Å². The molecule has 21 heavy (non-hydrogen) atoms. The Bertz CT molecular complexity index is 438. The molecular weight excluding hydrogens is 334 g/mol. The van der Waals surface area contributed by atoms with E-state index in [0.29, 0.717) is 6.61 Å². The minimum atomic E-state index is 0.0875. The molecule has 1 aromatic carbocycles. The molecule has 0 radical (unpaired) electrons. The van der Waals surface area contributed by atoms with Crippen molar-refractivity contribution in [2.75, 3.05) is 27.4 Å². The summed E-state index contributed by atoms with van der Waals surface area (Å²) < 4.78 is 17.5. The Balaban J connectivity index is 3.07. The molecule has 1 aromatic rings. The van der Waals surface area contributed by atoms with Crippen LogP contribution in [0.5, 0.6) is 11.5 Å². The number of nitrogens with one attached hydrogen (secondary N) is 1.